The Balaban J connectivity index is 1.80. The maximum Gasteiger partial charge on any atom is 0.230 e. The molecule has 2 atom stereocenters. The van der Waals surface area contributed by atoms with Gasteiger partial charge in [0.2, 0.25) is 10.8 Å². The predicted molar refractivity (Wildman–Crippen MR) is 100 cm³/mol. The largest absolute Gasteiger partial charge is 0.492 e. The maximum atomic E-state index is 13.5. The molecule has 7 heteroatoms. The summed E-state index contributed by atoms with van der Waals surface area (Å²) in [7, 11) is 0. The molecule has 3 heterocycles. The topological polar surface area (TPSA) is 53.7 Å². The van der Waals surface area contributed by atoms with Gasteiger partial charge in [-0.05, 0) is 43.0 Å². The number of fused-ring (bicyclic) bond motifs is 1. The monoisotopic (exact) mass is 374 g/mol. The highest BCUT2D eigenvalue weighted by molar-refractivity contribution is 7.17. The molecular formula is C19H23FN4OS. The van der Waals surface area contributed by atoms with E-state index in [2.05, 4.69) is 21.9 Å². The Morgan fingerprint density at radius 2 is 2.12 bits per heavy atom. The molecule has 0 amide bonds. The van der Waals surface area contributed by atoms with Gasteiger partial charge in [-0.15, -0.1) is 5.10 Å². The number of halogens is 1. The number of hydrogen-bond donors (Lipinski definition) is 1. The molecule has 1 saturated heterocycles. The van der Waals surface area contributed by atoms with Crippen LogP contribution >= 0.6 is 11.3 Å². The molecule has 0 bridgehead atoms. The molecule has 26 heavy (non-hydrogen) atoms. The number of piperidine rings is 1. The number of thiazole rings is 1. The molecule has 1 aliphatic rings. The summed E-state index contributed by atoms with van der Waals surface area (Å²) in [6, 6.07) is 6.48. The molecule has 0 spiro atoms. The van der Waals surface area contributed by atoms with E-state index in [1.165, 1.54) is 34.4 Å². The zero-order valence-electron chi connectivity index (χ0n) is 15.0. The first-order chi connectivity index (χ1) is 12.6. The van der Waals surface area contributed by atoms with Crippen LogP contribution in [0.3, 0.4) is 0 Å². The first-order valence-electron chi connectivity index (χ1n) is 9.13. The molecule has 1 aromatic carbocycles. The van der Waals surface area contributed by atoms with Gasteiger partial charge in [0.05, 0.1) is 10.9 Å². The zero-order valence-corrected chi connectivity index (χ0v) is 15.8. The standard InChI is InChI=1S/C19H23FN4OS/c1-3-15-21-19-24(22-15)18(25)17(26-19)16(13-6-8-14(20)9-7-13)23-10-4-5-12(2)11-23/h6-9,12,16,25H,3-5,10-11H2,1-2H3/t12-,16+/m0/s1. The number of aryl methyl sites for hydroxylation is 1. The smallest absolute Gasteiger partial charge is 0.230 e. The molecule has 4 rings (SSSR count). The van der Waals surface area contributed by atoms with Crippen LogP contribution in [0.5, 0.6) is 5.88 Å². The van der Waals surface area contributed by atoms with Gasteiger partial charge in [0, 0.05) is 13.0 Å². The predicted octanol–water partition coefficient (Wildman–Crippen LogP) is 4.02. The van der Waals surface area contributed by atoms with Crippen molar-refractivity contribution >= 4 is 16.3 Å². The second-order valence-electron chi connectivity index (χ2n) is 7.06. The molecule has 0 saturated carbocycles. The fourth-order valence-corrected chi connectivity index (χ4v) is 4.89. The molecule has 5 nitrogen and oxygen atoms in total. The fourth-order valence-electron chi connectivity index (χ4n) is 3.75. The van der Waals surface area contributed by atoms with Crippen molar-refractivity contribution in [2.45, 2.75) is 39.2 Å². The molecule has 2 aromatic heterocycles. The lowest BCUT2D eigenvalue weighted by molar-refractivity contribution is 0.149. The lowest BCUT2D eigenvalue weighted by atomic mass is 9.95. The second-order valence-corrected chi connectivity index (χ2v) is 8.07. The van der Waals surface area contributed by atoms with E-state index >= 15 is 0 Å². The summed E-state index contributed by atoms with van der Waals surface area (Å²) in [6.07, 6.45) is 3.07. The summed E-state index contributed by atoms with van der Waals surface area (Å²) in [5, 5.41) is 15.2. The van der Waals surface area contributed by atoms with Crippen LogP contribution in [0.4, 0.5) is 4.39 Å². The summed E-state index contributed by atoms with van der Waals surface area (Å²) in [5.74, 6) is 1.22. The van der Waals surface area contributed by atoms with Crippen LogP contribution in [0.25, 0.3) is 4.96 Å². The van der Waals surface area contributed by atoms with Crippen molar-refractivity contribution in [3.8, 4) is 5.88 Å². The van der Waals surface area contributed by atoms with E-state index in [1.54, 1.807) is 0 Å². The minimum Gasteiger partial charge on any atom is -0.492 e. The van der Waals surface area contributed by atoms with Gasteiger partial charge < -0.3 is 5.11 Å². The highest BCUT2D eigenvalue weighted by Crippen LogP contribution is 2.41. The number of nitrogens with zero attached hydrogens (tertiary/aromatic N) is 4. The van der Waals surface area contributed by atoms with Gasteiger partial charge in [-0.1, -0.05) is 37.3 Å². The molecule has 3 aromatic rings. The van der Waals surface area contributed by atoms with Gasteiger partial charge in [-0.25, -0.2) is 9.37 Å². The summed E-state index contributed by atoms with van der Waals surface area (Å²) in [4.78, 5) is 8.40. The van der Waals surface area contributed by atoms with Crippen LogP contribution in [0.15, 0.2) is 24.3 Å². The molecule has 1 fully saturated rings. The number of rotatable bonds is 4. The lowest BCUT2D eigenvalue weighted by Gasteiger charge is -2.37. The van der Waals surface area contributed by atoms with E-state index in [0.717, 1.165) is 42.2 Å². The molecule has 0 radical (unpaired) electrons. The van der Waals surface area contributed by atoms with Crippen LogP contribution in [0.2, 0.25) is 0 Å². The van der Waals surface area contributed by atoms with E-state index in [1.807, 2.05) is 19.1 Å². The molecule has 0 aliphatic carbocycles. The summed E-state index contributed by atoms with van der Waals surface area (Å²) in [5.41, 5.74) is 0.982. The SMILES string of the molecule is CCc1nc2sc([C@@H](c3ccc(F)cc3)N3CCC[C@H](C)C3)c(O)n2n1. The molecule has 1 N–H and O–H groups in total. The number of aromatic hydroxyl groups is 1. The summed E-state index contributed by atoms with van der Waals surface area (Å²) < 4.78 is 15.0. The van der Waals surface area contributed by atoms with Crippen molar-refractivity contribution in [1.29, 1.82) is 0 Å². The Morgan fingerprint density at radius 1 is 1.35 bits per heavy atom. The Morgan fingerprint density at radius 3 is 2.77 bits per heavy atom. The first-order valence-corrected chi connectivity index (χ1v) is 9.95. The minimum atomic E-state index is -0.251. The van der Waals surface area contributed by atoms with Crippen LogP contribution in [-0.4, -0.2) is 37.7 Å². The molecule has 138 valence electrons. The number of benzene rings is 1. The van der Waals surface area contributed by atoms with E-state index in [0.29, 0.717) is 10.9 Å². The Hall–Kier alpha value is -1.99. The van der Waals surface area contributed by atoms with Crippen LogP contribution in [0.1, 0.15) is 49.0 Å². The highest BCUT2D eigenvalue weighted by atomic mass is 32.1. The second kappa shape index (κ2) is 6.96. The maximum absolute atomic E-state index is 13.5. The van der Waals surface area contributed by atoms with Crippen molar-refractivity contribution in [2.75, 3.05) is 13.1 Å². The van der Waals surface area contributed by atoms with Crippen molar-refractivity contribution < 1.29 is 9.50 Å². The summed E-state index contributed by atoms with van der Waals surface area (Å²) >= 11 is 1.47. The quantitative estimate of drug-likeness (QED) is 0.749. The average Bonchev–Trinajstić information content (AvgIpc) is 3.17. The van der Waals surface area contributed by atoms with Gasteiger partial charge in [0.25, 0.3) is 0 Å². The fraction of sp³-hybridized carbons (Fsp3) is 0.474. The van der Waals surface area contributed by atoms with Crippen LogP contribution in [-0.2, 0) is 6.42 Å². The van der Waals surface area contributed by atoms with E-state index < -0.39 is 0 Å². The van der Waals surface area contributed by atoms with Gasteiger partial charge >= 0.3 is 0 Å². The number of aromatic nitrogens is 3. The zero-order chi connectivity index (χ0) is 18.3. The van der Waals surface area contributed by atoms with Gasteiger partial charge in [-0.3, -0.25) is 4.90 Å². The van der Waals surface area contributed by atoms with Crippen LogP contribution < -0.4 is 0 Å². The molecule has 0 unspecified atom stereocenters. The van der Waals surface area contributed by atoms with Gasteiger partial charge in [-0.2, -0.15) is 4.52 Å². The third kappa shape index (κ3) is 3.10. The van der Waals surface area contributed by atoms with Crippen molar-refractivity contribution in [3.63, 3.8) is 0 Å². The van der Waals surface area contributed by atoms with E-state index in [9.17, 15) is 9.50 Å². The normalized spacial score (nSPS) is 19.9. The average molecular weight is 374 g/mol. The van der Waals surface area contributed by atoms with Crippen molar-refractivity contribution in [2.24, 2.45) is 5.92 Å². The third-order valence-electron chi connectivity index (χ3n) is 5.05. The van der Waals surface area contributed by atoms with Crippen LogP contribution in [0, 0.1) is 11.7 Å². The first kappa shape index (κ1) is 17.4. The van der Waals surface area contributed by atoms with E-state index in [4.69, 9.17) is 0 Å². The van der Waals surface area contributed by atoms with Gasteiger partial charge in [0.15, 0.2) is 5.82 Å². The van der Waals surface area contributed by atoms with E-state index in [-0.39, 0.29) is 17.7 Å². The van der Waals surface area contributed by atoms with Crippen molar-refractivity contribution in [3.05, 3.63) is 46.3 Å². The Kier molecular flexibility index (Phi) is 4.67. The van der Waals surface area contributed by atoms with Gasteiger partial charge in [0.1, 0.15) is 5.82 Å². The Labute approximate surface area is 156 Å². The number of hydrogen-bond acceptors (Lipinski definition) is 5. The lowest BCUT2D eigenvalue weighted by Crippen LogP contribution is -2.37. The minimum absolute atomic E-state index is 0.114. The molecule has 1 aliphatic heterocycles. The molecular weight excluding hydrogens is 351 g/mol. The summed E-state index contributed by atoms with van der Waals surface area (Å²) in [6.45, 7) is 6.16. The van der Waals surface area contributed by atoms with Crippen molar-refractivity contribution in [1.82, 2.24) is 19.5 Å². The Bertz CT molecular complexity index is 904. The third-order valence-corrected chi connectivity index (χ3v) is 6.12. The number of likely N-dealkylation sites (tertiary alicyclic amines) is 1. The highest BCUT2D eigenvalue weighted by Gasteiger charge is 2.31.